The van der Waals surface area contributed by atoms with Gasteiger partial charge in [0.1, 0.15) is 5.78 Å². The summed E-state index contributed by atoms with van der Waals surface area (Å²) >= 11 is 0. The number of hydrogen-bond acceptors (Lipinski definition) is 2. The van der Waals surface area contributed by atoms with Crippen molar-refractivity contribution in [1.82, 2.24) is 0 Å². The van der Waals surface area contributed by atoms with E-state index in [4.69, 9.17) is 0 Å². The molecule has 0 aliphatic heterocycles. The van der Waals surface area contributed by atoms with Gasteiger partial charge in [-0.3, -0.25) is 9.59 Å². The molecule has 2 aromatic carbocycles. The Kier molecular flexibility index (Phi) is 11.1. The first-order valence-electron chi connectivity index (χ1n) is 8.71. The molecule has 0 aromatic heterocycles. The Morgan fingerprint density at radius 3 is 1.88 bits per heavy atom. The normalized spacial score (nSPS) is 10.4. The van der Waals surface area contributed by atoms with Crippen molar-refractivity contribution in [2.24, 2.45) is 0 Å². The molecule has 2 nitrogen and oxygen atoms in total. The summed E-state index contributed by atoms with van der Waals surface area (Å²) in [6, 6.07) is 16.5. The monoisotopic (exact) mass is 326 g/mol. The summed E-state index contributed by atoms with van der Waals surface area (Å²) in [5.74, 6) is -0.0916. The maximum absolute atomic E-state index is 12.3. The number of carbonyl (C=O) groups is 2. The van der Waals surface area contributed by atoms with E-state index >= 15 is 0 Å². The van der Waals surface area contributed by atoms with E-state index in [2.05, 4.69) is 13.8 Å². The van der Waals surface area contributed by atoms with Crippen LogP contribution in [-0.4, -0.2) is 11.6 Å². The number of benzene rings is 2. The molecule has 0 aliphatic rings. The van der Waals surface area contributed by atoms with Gasteiger partial charge in [-0.15, -0.1) is 0 Å². The second kappa shape index (κ2) is 12.2. The lowest BCUT2D eigenvalue weighted by atomic mass is 9.94. The van der Waals surface area contributed by atoms with Gasteiger partial charge in [-0.05, 0) is 18.6 Å². The van der Waals surface area contributed by atoms with E-state index in [0.717, 1.165) is 5.56 Å². The van der Waals surface area contributed by atoms with E-state index in [1.54, 1.807) is 31.2 Å². The van der Waals surface area contributed by atoms with Crippen molar-refractivity contribution < 1.29 is 9.59 Å². The van der Waals surface area contributed by atoms with Crippen molar-refractivity contribution in [2.75, 3.05) is 0 Å². The van der Waals surface area contributed by atoms with Gasteiger partial charge in [0, 0.05) is 17.0 Å². The highest BCUT2D eigenvalue weighted by atomic mass is 16.1. The van der Waals surface area contributed by atoms with Crippen molar-refractivity contribution in [3.05, 3.63) is 71.3 Å². The summed E-state index contributed by atoms with van der Waals surface area (Å²) < 4.78 is 0. The summed E-state index contributed by atoms with van der Waals surface area (Å²) in [5.41, 5.74) is 2.17. The molecule has 2 rings (SSSR count). The highest BCUT2D eigenvalue weighted by Crippen LogP contribution is 2.19. The summed E-state index contributed by atoms with van der Waals surface area (Å²) in [4.78, 5) is 23.7. The molecule has 0 bridgehead atoms. The Hall–Kier alpha value is -2.22. The molecule has 0 saturated carbocycles. The first-order chi connectivity index (χ1) is 11.5. The van der Waals surface area contributed by atoms with Crippen LogP contribution in [-0.2, 0) is 4.79 Å². The average molecular weight is 326 g/mol. The van der Waals surface area contributed by atoms with Crippen molar-refractivity contribution >= 4 is 11.6 Å². The molecule has 1 atom stereocenters. The van der Waals surface area contributed by atoms with Crippen LogP contribution in [0.15, 0.2) is 54.6 Å². The number of rotatable bonds is 4. The van der Waals surface area contributed by atoms with Crippen LogP contribution in [0.5, 0.6) is 0 Å². The zero-order chi connectivity index (χ0) is 18.5. The van der Waals surface area contributed by atoms with Crippen molar-refractivity contribution in [1.29, 1.82) is 0 Å². The van der Waals surface area contributed by atoms with Gasteiger partial charge in [0.15, 0.2) is 5.78 Å². The lowest BCUT2D eigenvalue weighted by Gasteiger charge is -2.09. The highest BCUT2D eigenvalue weighted by molar-refractivity contribution is 6.09. The number of hydrogen-bond donors (Lipinski definition) is 0. The second-order valence-electron chi connectivity index (χ2n) is 5.36. The fourth-order valence-electron chi connectivity index (χ4n) is 1.94. The molecule has 0 amide bonds. The second-order valence-corrected chi connectivity index (χ2v) is 5.36. The molecule has 0 spiro atoms. The zero-order valence-electron chi connectivity index (χ0n) is 15.8. The minimum absolute atomic E-state index is 0.0156. The molecule has 0 fully saturated rings. The summed E-state index contributed by atoms with van der Waals surface area (Å²) in [6.45, 7) is 11.7. The van der Waals surface area contributed by atoms with Gasteiger partial charge in [-0.25, -0.2) is 0 Å². The molecular weight excluding hydrogens is 296 g/mol. The van der Waals surface area contributed by atoms with Crippen LogP contribution in [0.4, 0.5) is 0 Å². The first kappa shape index (κ1) is 21.8. The van der Waals surface area contributed by atoms with Crippen LogP contribution in [0.25, 0.3) is 0 Å². The Balaban J connectivity index is 0.000000952. The van der Waals surface area contributed by atoms with Crippen molar-refractivity contribution in [2.45, 2.75) is 53.9 Å². The number of carbonyl (C=O) groups excluding carboxylic acids is 2. The third-order valence-electron chi connectivity index (χ3n) is 3.29. The topological polar surface area (TPSA) is 34.1 Å². The average Bonchev–Trinajstić information content (AvgIpc) is 2.63. The predicted molar refractivity (Wildman–Crippen MR) is 103 cm³/mol. The van der Waals surface area contributed by atoms with Gasteiger partial charge in [0.2, 0.25) is 0 Å². The van der Waals surface area contributed by atoms with E-state index in [1.165, 1.54) is 6.42 Å². The largest absolute Gasteiger partial charge is 0.299 e. The van der Waals surface area contributed by atoms with E-state index in [-0.39, 0.29) is 17.5 Å². The Bertz CT molecular complexity index is 615. The van der Waals surface area contributed by atoms with Gasteiger partial charge in [0.05, 0.1) is 0 Å². The molecule has 0 saturated heterocycles. The van der Waals surface area contributed by atoms with Crippen molar-refractivity contribution in [3.8, 4) is 0 Å². The summed E-state index contributed by atoms with van der Waals surface area (Å²) in [6.07, 6.45) is 1.25. The Morgan fingerprint density at radius 1 is 0.875 bits per heavy atom. The lowest BCUT2D eigenvalue weighted by molar-refractivity contribution is -0.118. The number of ketones is 2. The molecule has 24 heavy (non-hydrogen) atoms. The first-order valence-corrected chi connectivity index (χ1v) is 8.71. The van der Waals surface area contributed by atoms with Gasteiger partial charge in [-0.2, -0.15) is 0 Å². The van der Waals surface area contributed by atoms with E-state index in [1.807, 2.05) is 51.1 Å². The lowest BCUT2D eigenvalue weighted by Crippen LogP contribution is -2.07. The van der Waals surface area contributed by atoms with Gasteiger partial charge in [0.25, 0.3) is 0 Å². The van der Waals surface area contributed by atoms with Crippen LogP contribution in [0.1, 0.15) is 75.4 Å². The predicted octanol–water partition coefficient (Wildman–Crippen LogP) is 6.05. The fraction of sp³-hybridized carbons (Fsp3) is 0.364. The third kappa shape index (κ3) is 6.91. The van der Waals surface area contributed by atoms with Crippen molar-refractivity contribution in [3.63, 3.8) is 0 Å². The maximum Gasteiger partial charge on any atom is 0.193 e. The SMILES string of the molecule is CC.CC(=O)C(C)c1cccc(C(=O)c2ccccc2)c1.CCC. The molecule has 2 aromatic rings. The molecule has 0 N–H and O–H groups in total. The molecule has 0 radical (unpaired) electrons. The van der Waals surface area contributed by atoms with E-state index in [9.17, 15) is 9.59 Å². The van der Waals surface area contributed by atoms with Crippen LogP contribution in [0, 0.1) is 0 Å². The van der Waals surface area contributed by atoms with Gasteiger partial charge < -0.3 is 0 Å². The molecule has 2 heteroatoms. The smallest absolute Gasteiger partial charge is 0.193 e. The molecule has 130 valence electrons. The summed E-state index contributed by atoms with van der Waals surface area (Å²) in [7, 11) is 0. The highest BCUT2D eigenvalue weighted by Gasteiger charge is 2.14. The quantitative estimate of drug-likeness (QED) is 0.641. The summed E-state index contributed by atoms with van der Waals surface area (Å²) in [5, 5.41) is 0. The fourth-order valence-corrected chi connectivity index (χ4v) is 1.94. The minimum Gasteiger partial charge on any atom is -0.299 e. The van der Waals surface area contributed by atoms with E-state index < -0.39 is 0 Å². The van der Waals surface area contributed by atoms with Crippen LogP contribution in [0.3, 0.4) is 0 Å². The van der Waals surface area contributed by atoms with Gasteiger partial charge >= 0.3 is 0 Å². The Morgan fingerprint density at radius 2 is 1.38 bits per heavy atom. The van der Waals surface area contributed by atoms with Crippen LogP contribution >= 0.6 is 0 Å². The molecule has 0 aliphatic carbocycles. The molecule has 0 heterocycles. The maximum atomic E-state index is 12.3. The van der Waals surface area contributed by atoms with Crippen LogP contribution in [0.2, 0.25) is 0 Å². The molecular formula is C22H30O2. The standard InChI is InChI=1S/C17H16O2.C3H8.C2H6/c1-12(13(2)18)15-9-6-10-16(11-15)17(19)14-7-4-3-5-8-14;1-3-2;1-2/h3-12H,1-2H3;3H2,1-2H3;1-2H3. The molecule has 1 unspecified atom stereocenters. The van der Waals surface area contributed by atoms with Gasteiger partial charge in [-0.1, -0.05) is 89.6 Å². The Labute approximate surface area is 146 Å². The minimum atomic E-state index is -0.177. The zero-order valence-corrected chi connectivity index (χ0v) is 15.8. The van der Waals surface area contributed by atoms with E-state index in [0.29, 0.717) is 11.1 Å². The number of Topliss-reactive ketones (excluding diaryl/α,β-unsaturated/α-hetero) is 1. The van der Waals surface area contributed by atoms with Crippen LogP contribution < -0.4 is 0 Å². The third-order valence-corrected chi connectivity index (χ3v) is 3.29.